The van der Waals surface area contributed by atoms with Gasteiger partial charge in [0.1, 0.15) is 0 Å². The molecule has 4 heterocycles. The summed E-state index contributed by atoms with van der Waals surface area (Å²) in [6.45, 7) is 8.37. The van der Waals surface area contributed by atoms with Crippen molar-refractivity contribution in [3.8, 4) is 11.3 Å². The summed E-state index contributed by atoms with van der Waals surface area (Å²) in [5.74, 6) is 0. The first-order valence-electron chi connectivity index (χ1n) is 14.8. The highest BCUT2D eigenvalue weighted by atomic mass is 32.1. The summed E-state index contributed by atoms with van der Waals surface area (Å²) in [7, 11) is -0.391. The molecule has 1 aliphatic rings. The first-order chi connectivity index (χ1) is 20.8. The number of hydrogen-bond donors (Lipinski definition) is 0. The van der Waals surface area contributed by atoms with Crippen LogP contribution in [0.25, 0.3) is 69.7 Å². The van der Waals surface area contributed by atoms with E-state index in [0.29, 0.717) is 0 Å². The Hall–Kier alpha value is -4.23. The minimum atomic E-state index is -0.391. The molecule has 9 rings (SSSR count). The molecule has 0 saturated carbocycles. The molecular formula is C37H29BN2O2S. The second kappa shape index (κ2) is 8.67. The van der Waals surface area contributed by atoms with Gasteiger partial charge in [0.05, 0.1) is 32.6 Å². The Labute approximate surface area is 253 Å². The zero-order chi connectivity index (χ0) is 29.1. The highest BCUT2D eigenvalue weighted by Gasteiger charge is 2.51. The standard InChI is InChI=1S/C37H29BN2O2S/c1-36(2)37(3,4)42-38(41-36)26-16-13-22(14-17-26)31-21-29-27-11-7-8-12-32(27)43-34(29)35-39-33-28-20-24-10-6-5-9-23(24)19-25(28)15-18-30(33)40(31)35/h5-21H,1-4H3. The van der Waals surface area contributed by atoms with Gasteiger partial charge in [-0.15, -0.1) is 11.3 Å². The van der Waals surface area contributed by atoms with E-state index in [1.165, 1.54) is 41.7 Å². The number of imidazole rings is 1. The summed E-state index contributed by atoms with van der Waals surface area (Å²) in [6.07, 6.45) is 0. The zero-order valence-electron chi connectivity index (χ0n) is 24.5. The maximum Gasteiger partial charge on any atom is 0.494 e. The molecule has 0 spiro atoms. The Bertz CT molecular complexity index is 2400. The van der Waals surface area contributed by atoms with Crippen LogP contribution >= 0.6 is 11.3 Å². The minimum Gasteiger partial charge on any atom is -0.399 e. The normalized spacial score (nSPS) is 16.5. The average molecular weight is 577 g/mol. The van der Waals surface area contributed by atoms with Crippen molar-refractivity contribution in [2.45, 2.75) is 38.9 Å². The van der Waals surface area contributed by atoms with E-state index in [4.69, 9.17) is 14.3 Å². The van der Waals surface area contributed by atoms with Gasteiger partial charge in [-0.3, -0.25) is 4.40 Å². The van der Waals surface area contributed by atoms with E-state index in [1.54, 1.807) is 0 Å². The molecule has 0 bridgehead atoms. The first-order valence-corrected chi connectivity index (χ1v) is 15.6. The van der Waals surface area contributed by atoms with Crippen molar-refractivity contribution in [2.24, 2.45) is 0 Å². The van der Waals surface area contributed by atoms with Gasteiger partial charge < -0.3 is 9.31 Å². The van der Waals surface area contributed by atoms with Crippen LogP contribution in [0.4, 0.5) is 0 Å². The van der Waals surface area contributed by atoms with Gasteiger partial charge in [-0.1, -0.05) is 72.8 Å². The number of benzene rings is 5. The number of nitrogens with zero attached hydrogens (tertiary/aromatic N) is 2. The number of rotatable bonds is 2. The van der Waals surface area contributed by atoms with E-state index in [-0.39, 0.29) is 11.2 Å². The number of fused-ring (bicyclic) bond motifs is 10. The van der Waals surface area contributed by atoms with E-state index >= 15 is 0 Å². The van der Waals surface area contributed by atoms with Gasteiger partial charge in [0, 0.05) is 20.9 Å². The maximum atomic E-state index is 6.34. The van der Waals surface area contributed by atoms with Crippen LogP contribution in [0.5, 0.6) is 0 Å². The molecule has 3 aromatic heterocycles. The van der Waals surface area contributed by atoms with Gasteiger partial charge in [0.2, 0.25) is 0 Å². The van der Waals surface area contributed by atoms with Gasteiger partial charge in [-0.2, -0.15) is 0 Å². The van der Waals surface area contributed by atoms with Crippen LogP contribution in [0.2, 0.25) is 0 Å². The Morgan fingerprint density at radius 1 is 0.674 bits per heavy atom. The van der Waals surface area contributed by atoms with Crippen LogP contribution in [0, 0.1) is 0 Å². The lowest BCUT2D eigenvalue weighted by molar-refractivity contribution is 0.00578. The quantitative estimate of drug-likeness (QED) is 0.152. The molecule has 8 aromatic rings. The monoisotopic (exact) mass is 576 g/mol. The zero-order valence-corrected chi connectivity index (χ0v) is 25.3. The number of thiophene rings is 1. The van der Waals surface area contributed by atoms with Crippen molar-refractivity contribution in [1.82, 2.24) is 9.38 Å². The fraction of sp³-hybridized carbons (Fsp3) is 0.162. The molecule has 0 radical (unpaired) electrons. The third-order valence-corrected chi connectivity index (χ3v) is 10.8. The van der Waals surface area contributed by atoms with Crippen LogP contribution in [-0.2, 0) is 9.31 Å². The molecule has 0 aliphatic carbocycles. The highest BCUT2D eigenvalue weighted by Crippen LogP contribution is 2.42. The molecule has 1 saturated heterocycles. The third-order valence-electron chi connectivity index (χ3n) is 9.60. The smallest absolute Gasteiger partial charge is 0.399 e. The molecule has 0 atom stereocenters. The van der Waals surface area contributed by atoms with E-state index in [2.05, 4.69) is 135 Å². The van der Waals surface area contributed by atoms with Crippen LogP contribution in [0.15, 0.2) is 103 Å². The topological polar surface area (TPSA) is 35.8 Å². The second-order valence-corrected chi connectivity index (χ2v) is 13.8. The molecule has 208 valence electrons. The predicted octanol–water partition coefficient (Wildman–Crippen LogP) is 9.13. The van der Waals surface area contributed by atoms with Gasteiger partial charge in [-0.25, -0.2) is 4.98 Å². The van der Waals surface area contributed by atoms with Crippen molar-refractivity contribution in [2.75, 3.05) is 0 Å². The predicted molar refractivity (Wildman–Crippen MR) is 182 cm³/mol. The summed E-state index contributed by atoms with van der Waals surface area (Å²) in [4.78, 5) is 5.41. The highest BCUT2D eigenvalue weighted by molar-refractivity contribution is 7.26. The van der Waals surface area contributed by atoms with E-state index in [1.807, 2.05) is 11.3 Å². The van der Waals surface area contributed by atoms with Crippen molar-refractivity contribution < 1.29 is 9.31 Å². The first kappa shape index (κ1) is 25.3. The Balaban J connectivity index is 1.31. The summed E-state index contributed by atoms with van der Waals surface area (Å²) in [5, 5.41) is 7.36. The Morgan fingerprint density at radius 3 is 2.14 bits per heavy atom. The largest absolute Gasteiger partial charge is 0.494 e. The average Bonchev–Trinajstić information content (AvgIpc) is 3.64. The second-order valence-electron chi connectivity index (χ2n) is 12.7. The maximum absolute atomic E-state index is 6.34. The van der Waals surface area contributed by atoms with Crippen LogP contribution in [0.1, 0.15) is 27.7 Å². The fourth-order valence-corrected chi connectivity index (χ4v) is 7.69. The lowest BCUT2D eigenvalue weighted by Gasteiger charge is -2.32. The SMILES string of the molecule is CC1(C)OB(c2ccc(-c3cc4c5ccccc5sc4c4nc5c6cc7ccccc7cc6ccc5n34)cc2)OC1(C)C. The van der Waals surface area contributed by atoms with Gasteiger partial charge >= 0.3 is 7.12 Å². The molecule has 0 unspecified atom stereocenters. The fourth-order valence-electron chi connectivity index (χ4n) is 6.53. The summed E-state index contributed by atoms with van der Waals surface area (Å²) in [5.41, 5.74) is 5.66. The molecule has 1 fully saturated rings. The lowest BCUT2D eigenvalue weighted by Crippen LogP contribution is -2.41. The van der Waals surface area contributed by atoms with E-state index in [9.17, 15) is 0 Å². The molecule has 43 heavy (non-hydrogen) atoms. The number of aromatic nitrogens is 2. The Kier molecular flexibility index (Phi) is 5.10. The van der Waals surface area contributed by atoms with Gasteiger partial charge in [0.15, 0.2) is 5.65 Å². The molecule has 6 heteroatoms. The van der Waals surface area contributed by atoms with E-state index < -0.39 is 7.12 Å². The van der Waals surface area contributed by atoms with Gasteiger partial charge in [-0.05, 0) is 85.2 Å². The van der Waals surface area contributed by atoms with Crippen molar-refractivity contribution in [3.05, 3.63) is 103 Å². The third kappa shape index (κ3) is 3.61. The molecule has 5 aromatic carbocycles. The van der Waals surface area contributed by atoms with Crippen LogP contribution in [0.3, 0.4) is 0 Å². The van der Waals surface area contributed by atoms with Crippen molar-refractivity contribution in [1.29, 1.82) is 0 Å². The molecule has 0 amide bonds. The number of hydrogen-bond acceptors (Lipinski definition) is 4. The van der Waals surface area contributed by atoms with E-state index in [0.717, 1.165) is 33.4 Å². The molecule has 0 N–H and O–H groups in total. The van der Waals surface area contributed by atoms with Crippen LogP contribution in [-0.4, -0.2) is 27.7 Å². The minimum absolute atomic E-state index is 0.378. The number of pyridine rings is 1. The summed E-state index contributed by atoms with van der Waals surface area (Å²) >= 11 is 1.82. The molecule has 1 aliphatic heterocycles. The Morgan fingerprint density at radius 2 is 1.37 bits per heavy atom. The molecular weight excluding hydrogens is 547 g/mol. The summed E-state index contributed by atoms with van der Waals surface area (Å²) in [6, 6.07) is 37.3. The van der Waals surface area contributed by atoms with Crippen LogP contribution < -0.4 is 5.46 Å². The van der Waals surface area contributed by atoms with Gasteiger partial charge in [0.25, 0.3) is 0 Å². The van der Waals surface area contributed by atoms with Crippen molar-refractivity contribution >= 4 is 82.3 Å². The van der Waals surface area contributed by atoms with Crippen molar-refractivity contribution in [3.63, 3.8) is 0 Å². The molecule has 4 nitrogen and oxygen atoms in total. The summed E-state index contributed by atoms with van der Waals surface area (Å²) < 4.78 is 17.5. The lowest BCUT2D eigenvalue weighted by atomic mass is 9.78.